The van der Waals surface area contributed by atoms with Crippen molar-refractivity contribution in [3.05, 3.63) is 17.5 Å². The highest BCUT2D eigenvalue weighted by atomic mass is 15.3. The summed E-state index contributed by atoms with van der Waals surface area (Å²) in [5, 5.41) is 8.16. The van der Waals surface area contributed by atoms with Gasteiger partial charge in [0.2, 0.25) is 0 Å². The lowest BCUT2D eigenvalue weighted by atomic mass is 9.82. The molecule has 1 aliphatic heterocycles. The first-order chi connectivity index (χ1) is 9.08. The number of piperazine rings is 1. The lowest BCUT2D eigenvalue weighted by Gasteiger charge is -2.49. The molecule has 2 rings (SSSR count). The molecule has 0 saturated carbocycles. The third kappa shape index (κ3) is 3.41. The van der Waals surface area contributed by atoms with E-state index in [0.717, 1.165) is 25.3 Å². The molecule has 0 radical (unpaired) electrons. The van der Waals surface area contributed by atoms with Gasteiger partial charge in [-0.2, -0.15) is 5.10 Å². The van der Waals surface area contributed by atoms with Gasteiger partial charge in [-0.1, -0.05) is 20.8 Å². The number of hydrogen-bond acceptors (Lipinski definition) is 3. The third-order valence-electron chi connectivity index (χ3n) is 4.28. The molecule has 1 unspecified atom stereocenters. The van der Waals surface area contributed by atoms with Gasteiger partial charge in [0.15, 0.2) is 0 Å². The molecule has 0 spiro atoms. The maximum atomic E-state index is 4.47. The van der Waals surface area contributed by atoms with Crippen molar-refractivity contribution in [1.29, 1.82) is 0 Å². The summed E-state index contributed by atoms with van der Waals surface area (Å²) in [5.41, 5.74) is 2.85. The van der Waals surface area contributed by atoms with Gasteiger partial charge in [0.25, 0.3) is 0 Å². The van der Waals surface area contributed by atoms with Crippen LogP contribution in [0.4, 0.5) is 0 Å². The molecular formula is C16H30N4. The summed E-state index contributed by atoms with van der Waals surface area (Å²) in [7, 11) is 2.04. The molecule has 0 amide bonds. The summed E-state index contributed by atoms with van der Waals surface area (Å²) >= 11 is 0. The number of nitrogens with one attached hydrogen (secondary N) is 1. The van der Waals surface area contributed by atoms with Crippen molar-refractivity contribution >= 4 is 0 Å². The smallest absolute Gasteiger partial charge is 0.0597 e. The first-order valence-corrected chi connectivity index (χ1v) is 7.57. The molecule has 1 fully saturated rings. The van der Waals surface area contributed by atoms with Crippen LogP contribution in [0.2, 0.25) is 0 Å². The number of rotatable bonds is 2. The van der Waals surface area contributed by atoms with Gasteiger partial charge in [-0.3, -0.25) is 9.58 Å². The summed E-state index contributed by atoms with van der Waals surface area (Å²) in [4.78, 5) is 2.62. The molecule has 4 nitrogen and oxygen atoms in total. The van der Waals surface area contributed by atoms with E-state index in [1.165, 1.54) is 5.69 Å². The van der Waals surface area contributed by atoms with E-state index in [2.05, 4.69) is 62.9 Å². The molecule has 114 valence electrons. The molecule has 1 aromatic rings. The summed E-state index contributed by atoms with van der Waals surface area (Å²) in [6, 6.07) is 2.75. The number of aryl methyl sites for hydroxylation is 2. The van der Waals surface area contributed by atoms with Gasteiger partial charge in [0.1, 0.15) is 0 Å². The second kappa shape index (κ2) is 5.15. The van der Waals surface area contributed by atoms with Crippen molar-refractivity contribution in [2.75, 3.05) is 13.1 Å². The van der Waals surface area contributed by atoms with Crippen LogP contribution in [0, 0.1) is 12.3 Å². The van der Waals surface area contributed by atoms with Crippen molar-refractivity contribution in [3.63, 3.8) is 0 Å². The van der Waals surface area contributed by atoms with E-state index in [1.54, 1.807) is 0 Å². The molecule has 4 heteroatoms. The predicted octanol–water partition coefficient (Wildman–Crippen LogP) is 2.33. The Morgan fingerprint density at radius 3 is 2.55 bits per heavy atom. The zero-order valence-electron chi connectivity index (χ0n) is 14.1. The van der Waals surface area contributed by atoms with E-state index in [4.69, 9.17) is 0 Å². The molecule has 1 aromatic heterocycles. The van der Waals surface area contributed by atoms with Crippen LogP contribution in [0.5, 0.6) is 0 Å². The Labute approximate surface area is 123 Å². The monoisotopic (exact) mass is 278 g/mol. The van der Waals surface area contributed by atoms with Crippen LogP contribution >= 0.6 is 0 Å². The minimum atomic E-state index is 0.176. The first kappa shape index (κ1) is 15.5. The van der Waals surface area contributed by atoms with Gasteiger partial charge >= 0.3 is 0 Å². The van der Waals surface area contributed by atoms with Gasteiger partial charge in [-0.25, -0.2) is 0 Å². The van der Waals surface area contributed by atoms with Crippen molar-refractivity contribution in [1.82, 2.24) is 20.0 Å². The SMILES string of the molecule is Cc1cc(CN2CC(C)(C)NCC2C(C)(C)C)n(C)n1. The van der Waals surface area contributed by atoms with Crippen molar-refractivity contribution in [2.24, 2.45) is 12.5 Å². The van der Waals surface area contributed by atoms with Crippen LogP contribution in [-0.4, -0.2) is 39.4 Å². The Bertz CT molecular complexity index is 467. The molecule has 0 aromatic carbocycles. The zero-order chi connectivity index (χ0) is 15.1. The highest BCUT2D eigenvalue weighted by Crippen LogP contribution is 2.30. The molecule has 0 aliphatic carbocycles. The maximum absolute atomic E-state index is 4.47. The zero-order valence-corrected chi connectivity index (χ0v) is 14.1. The number of aromatic nitrogens is 2. The van der Waals surface area contributed by atoms with Gasteiger partial charge in [0, 0.05) is 38.3 Å². The molecular weight excluding hydrogens is 248 g/mol. The summed E-state index contributed by atoms with van der Waals surface area (Å²) < 4.78 is 2.02. The van der Waals surface area contributed by atoms with E-state index in [9.17, 15) is 0 Å². The average molecular weight is 278 g/mol. The first-order valence-electron chi connectivity index (χ1n) is 7.57. The summed E-state index contributed by atoms with van der Waals surface area (Å²) in [6.07, 6.45) is 0. The fourth-order valence-corrected chi connectivity index (χ4v) is 3.22. The Hall–Kier alpha value is -0.870. The lowest BCUT2D eigenvalue weighted by molar-refractivity contribution is 0.0255. The minimum Gasteiger partial charge on any atom is -0.309 e. The van der Waals surface area contributed by atoms with E-state index in [1.807, 2.05) is 11.7 Å². The average Bonchev–Trinajstić information content (AvgIpc) is 2.54. The normalized spacial score (nSPS) is 24.1. The van der Waals surface area contributed by atoms with E-state index >= 15 is 0 Å². The highest BCUT2D eigenvalue weighted by Gasteiger charge is 2.38. The van der Waals surface area contributed by atoms with E-state index < -0.39 is 0 Å². The van der Waals surface area contributed by atoms with Crippen molar-refractivity contribution in [2.45, 2.75) is 59.7 Å². The standard InChI is InChI=1S/C16H30N4/c1-12-8-13(19(7)18-12)10-20-11-16(5,6)17-9-14(20)15(2,3)4/h8,14,17H,9-11H2,1-7H3. The van der Waals surface area contributed by atoms with E-state index in [0.29, 0.717) is 6.04 Å². The minimum absolute atomic E-state index is 0.176. The quantitative estimate of drug-likeness (QED) is 0.901. The molecule has 20 heavy (non-hydrogen) atoms. The fourth-order valence-electron chi connectivity index (χ4n) is 3.22. The Balaban J connectivity index is 2.21. The summed E-state index contributed by atoms with van der Waals surface area (Å²) in [6.45, 7) is 16.7. The predicted molar refractivity (Wildman–Crippen MR) is 83.7 cm³/mol. The Morgan fingerprint density at radius 1 is 1.40 bits per heavy atom. The van der Waals surface area contributed by atoms with Crippen molar-refractivity contribution in [3.8, 4) is 0 Å². The van der Waals surface area contributed by atoms with Crippen LogP contribution in [0.25, 0.3) is 0 Å². The molecule has 2 heterocycles. The second-order valence-electron chi connectivity index (χ2n) is 7.95. The highest BCUT2D eigenvalue weighted by molar-refractivity contribution is 5.10. The Morgan fingerprint density at radius 2 is 2.05 bits per heavy atom. The van der Waals surface area contributed by atoms with Gasteiger partial charge in [-0.05, 0) is 32.3 Å². The largest absolute Gasteiger partial charge is 0.309 e. The van der Waals surface area contributed by atoms with Crippen LogP contribution in [0.1, 0.15) is 46.0 Å². The third-order valence-corrected chi connectivity index (χ3v) is 4.28. The van der Waals surface area contributed by atoms with Gasteiger partial charge < -0.3 is 5.32 Å². The summed E-state index contributed by atoms with van der Waals surface area (Å²) in [5.74, 6) is 0. The second-order valence-corrected chi connectivity index (χ2v) is 7.95. The number of hydrogen-bond donors (Lipinski definition) is 1. The molecule has 0 bridgehead atoms. The lowest BCUT2D eigenvalue weighted by Crippen LogP contribution is -2.64. The molecule has 1 N–H and O–H groups in total. The fraction of sp³-hybridized carbons (Fsp3) is 0.812. The Kier molecular flexibility index (Phi) is 4.00. The molecule has 1 atom stereocenters. The van der Waals surface area contributed by atoms with Crippen LogP contribution in [0.15, 0.2) is 6.07 Å². The van der Waals surface area contributed by atoms with Crippen LogP contribution in [0.3, 0.4) is 0 Å². The topological polar surface area (TPSA) is 33.1 Å². The van der Waals surface area contributed by atoms with Gasteiger partial charge in [0.05, 0.1) is 11.4 Å². The van der Waals surface area contributed by atoms with E-state index in [-0.39, 0.29) is 11.0 Å². The van der Waals surface area contributed by atoms with Gasteiger partial charge in [-0.15, -0.1) is 0 Å². The molecule has 1 saturated heterocycles. The number of nitrogens with zero attached hydrogens (tertiary/aromatic N) is 3. The van der Waals surface area contributed by atoms with Crippen molar-refractivity contribution < 1.29 is 0 Å². The van der Waals surface area contributed by atoms with Crippen LogP contribution in [-0.2, 0) is 13.6 Å². The maximum Gasteiger partial charge on any atom is 0.0597 e. The molecule has 1 aliphatic rings. The van der Waals surface area contributed by atoms with Crippen LogP contribution < -0.4 is 5.32 Å².